The van der Waals surface area contributed by atoms with E-state index in [1.807, 2.05) is 24.3 Å². The molecule has 3 aromatic rings. The van der Waals surface area contributed by atoms with Crippen molar-refractivity contribution in [3.63, 3.8) is 0 Å². The average Bonchev–Trinajstić information content (AvgIpc) is 2.55. The predicted octanol–water partition coefficient (Wildman–Crippen LogP) is 5.22. The fourth-order valence-corrected chi connectivity index (χ4v) is 3.49. The molecule has 24 heavy (non-hydrogen) atoms. The van der Waals surface area contributed by atoms with Crippen LogP contribution in [0.2, 0.25) is 0 Å². The Kier molecular flexibility index (Phi) is 5.06. The van der Waals surface area contributed by atoms with E-state index in [-0.39, 0.29) is 0 Å². The average molecular weight is 401 g/mol. The highest BCUT2D eigenvalue weighted by atomic mass is 79.9. The zero-order valence-corrected chi connectivity index (χ0v) is 15.8. The monoisotopic (exact) mass is 400 g/mol. The van der Waals surface area contributed by atoms with E-state index in [0.717, 1.165) is 26.6 Å². The molecule has 122 valence electrons. The number of pyridine rings is 2. The van der Waals surface area contributed by atoms with Crippen LogP contribution >= 0.6 is 27.9 Å². The van der Waals surface area contributed by atoms with Crippen LogP contribution in [-0.4, -0.2) is 9.97 Å². The summed E-state index contributed by atoms with van der Waals surface area (Å²) in [6.07, 6.45) is 0. The molecule has 2 heterocycles. The maximum atomic E-state index is 5.71. The molecule has 4 nitrogen and oxygen atoms in total. The third-order valence-corrected chi connectivity index (χ3v) is 4.96. The largest absolute Gasteiger partial charge is 0.384 e. The highest BCUT2D eigenvalue weighted by molar-refractivity contribution is 9.10. The minimum Gasteiger partial charge on any atom is -0.384 e. The van der Waals surface area contributed by atoms with Crippen LogP contribution in [0.4, 0.5) is 11.6 Å². The number of nitrogens with zero attached hydrogens (tertiary/aromatic N) is 2. The molecule has 6 heteroatoms. The van der Waals surface area contributed by atoms with Crippen molar-refractivity contribution in [2.24, 2.45) is 0 Å². The summed E-state index contributed by atoms with van der Waals surface area (Å²) in [6, 6.07) is 15.7. The van der Waals surface area contributed by atoms with E-state index in [1.165, 1.54) is 23.1 Å². The number of rotatable bonds is 4. The lowest BCUT2D eigenvalue weighted by Gasteiger charge is -2.13. The Labute approximate surface area is 154 Å². The number of aryl methyl sites for hydroxylation is 2. The molecule has 3 N–H and O–H groups in total. The molecule has 0 bridgehead atoms. The SMILES string of the molecule is Cc1cccc(C)c1-c1nc(NSc2cccc(N)n2)ccc1Br. The van der Waals surface area contributed by atoms with Gasteiger partial charge in [0.1, 0.15) is 16.7 Å². The highest BCUT2D eigenvalue weighted by Crippen LogP contribution is 2.33. The molecule has 0 amide bonds. The van der Waals surface area contributed by atoms with Gasteiger partial charge in [0.15, 0.2) is 0 Å². The van der Waals surface area contributed by atoms with E-state index < -0.39 is 0 Å². The predicted molar refractivity (Wildman–Crippen MR) is 105 cm³/mol. The van der Waals surface area contributed by atoms with E-state index in [0.29, 0.717) is 5.82 Å². The summed E-state index contributed by atoms with van der Waals surface area (Å²) < 4.78 is 4.20. The van der Waals surface area contributed by atoms with Crippen molar-refractivity contribution >= 4 is 39.5 Å². The Bertz CT molecular complexity index is 862. The first kappa shape index (κ1) is 16.8. The summed E-state index contributed by atoms with van der Waals surface area (Å²) in [6.45, 7) is 4.20. The maximum absolute atomic E-state index is 5.71. The first-order valence-corrected chi connectivity index (χ1v) is 9.04. The number of benzene rings is 1. The Hall–Kier alpha value is -2.05. The number of aromatic nitrogens is 2. The van der Waals surface area contributed by atoms with Crippen molar-refractivity contribution < 1.29 is 0 Å². The molecule has 0 radical (unpaired) electrons. The molecule has 0 aliphatic carbocycles. The lowest BCUT2D eigenvalue weighted by molar-refractivity contribution is 1.15. The number of nitrogen functional groups attached to an aromatic ring is 1. The molecule has 0 aliphatic rings. The Morgan fingerprint density at radius 1 is 0.958 bits per heavy atom. The molecule has 0 unspecified atom stereocenters. The van der Waals surface area contributed by atoms with Gasteiger partial charge in [0, 0.05) is 22.0 Å². The standard InChI is InChI=1S/C18H17BrN4S/c1-11-5-3-6-12(2)17(11)18-13(19)9-10-15(22-18)23-24-16-8-4-7-14(20)21-16/h3-10H,1-2H3,(H2,20,21)(H,22,23). The molecule has 0 atom stereocenters. The van der Waals surface area contributed by atoms with E-state index in [4.69, 9.17) is 10.7 Å². The lowest BCUT2D eigenvalue weighted by Crippen LogP contribution is -1.97. The van der Waals surface area contributed by atoms with Gasteiger partial charge in [-0.05, 0) is 65.2 Å². The van der Waals surface area contributed by atoms with Crippen LogP contribution < -0.4 is 10.5 Å². The minimum atomic E-state index is 0.502. The normalized spacial score (nSPS) is 10.6. The van der Waals surface area contributed by atoms with Gasteiger partial charge in [0.25, 0.3) is 0 Å². The first-order chi connectivity index (χ1) is 11.5. The number of nitrogens with two attached hydrogens (primary N) is 1. The second-order valence-corrected chi connectivity index (χ2v) is 7.08. The summed E-state index contributed by atoms with van der Waals surface area (Å²) in [5.41, 5.74) is 10.2. The lowest BCUT2D eigenvalue weighted by atomic mass is 10.00. The number of nitrogens with one attached hydrogen (secondary N) is 1. The number of halogens is 1. The fourth-order valence-electron chi connectivity index (χ4n) is 2.45. The van der Waals surface area contributed by atoms with Gasteiger partial charge in [-0.15, -0.1) is 0 Å². The summed E-state index contributed by atoms with van der Waals surface area (Å²) in [5.74, 6) is 1.27. The molecular weight excluding hydrogens is 384 g/mol. The van der Waals surface area contributed by atoms with E-state index in [1.54, 1.807) is 6.07 Å². The smallest absolute Gasteiger partial charge is 0.136 e. The second-order valence-electron chi connectivity index (χ2n) is 5.40. The van der Waals surface area contributed by atoms with Crippen molar-refractivity contribution in [2.45, 2.75) is 18.9 Å². The molecule has 0 aliphatic heterocycles. The summed E-state index contributed by atoms with van der Waals surface area (Å²) in [7, 11) is 0. The second kappa shape index (κ2) is 7.23. The van der Waals surface area contributed by atoms with Gasteiger partial charge in [-0.2, -0.15) is 0 Å². The van der Waals surface area contributed by atoms with Crippen LogP contribution in [-0.2, 0) is 0 Å². The van der Waals surface area contributed by atoms with Gasteiger partial charge in [0.05, 0.1) is 5.69 Å². The van der Waals surface area contributed by atoms with Crippen LogP contribution in [0.5, 0.6) is 0 Å². The van der Waals surface area contributed by atoms with Crippen molar-refractivity contribution in [1.82, 2.24) is 9.97 Å². The van der Waals surface area contributed by atoms with Crippen LogP contribution in [0.25, 0.3) is 11.3 Å². The molecule has 2 aromatic heterocycles. The fraction of sp³-hybridized carbons (Fsp3) is 0.111. The van der Waals surface area contributed by atoms with Gasteiger partial charge >= 0.3 is 0 Å². The van der Waals surface area contributed by atoms with Crippen LogP contribution in [0.1, 0.15) is 11.1 Å². The molecule has 3 rings (SSSR count). The molecule has 0 fully saturated rings. The molecule has 0 spiro atoms. The number of hydrogen-bond donors (Lipinski definition) is 2. The molecule has 0 saturated heterocycles. The van der Waals surface area contributed by atoms with Gasteiger partial charge < -0.3 is 10.5 Å². The van der Waals surface area contributed by atoms with Gasteiger partial charge in [0.2, 0.25) is 0 Å². The molecular formula is C18H17BrN4S. The zero-order valence-electron chi connectivity index (χ0n) is 13.4. The van der Waals surface area contributed by atoms with Crippen molar-refractivity contribution in [1.29, 1.82) is 0 Å². The number of anilines is 2. The Morgan fingerprint density at radius 2 is 1.67 bits per heavy atom. The first-order valence-electron chi connectivity index (χ1n) is 7.43. The van der Waals surface area contributed by atoms with E-state index in [2.05, 4.69) is 57.7 Å². The van der Waals surface area contributed by atoms with Crippen molar-refractivity contribution in [3.05, 3.63) is 64.1 Å². The van der Waals surface area contributed by atoms with Crippen molar-refractivity contribution in [3.8, 4) is 11.3 Å². The quantitative estimate of drug-likeness (QED) is 0.587. The Morgan fingerprint density at radius 3 is 2.38 bits per heavy atom. The van der Waals surface area contributed by atoms with Crippen molar-refractivity contribution in [2.75, 3.05) is 10.5 Å². The summed E-state index contributed by atoms with van der Waals surface area (Å²) in [4.78, 5) is 9.02. The highest BCUT2D eigenvalue weighted by Gasteiger charge is 2.12. The van der Waals surface area contributed by atoms with Gasteiger partial charge in [-0.1, -0.05) is 24.3 Å². The Balaban J connectivity index is 1.89. The third kappa shape index (κ3) is 3.71. The molecule has 0 saturated carbocycles. The topological polar surface area (TPSA) is 63.8 Å². The summed E-state index contributed by atoms with van der Waals surface area (Å²) >= 11 is 5.00. The zero-order chi connectivity index (χ0) is 17.1. The maximum Gasteiger partial charge on any atom is 0.136 e. The van der Waals surface area contributed by atoms with Crippen LogP contribution in [0.15, 0.2) is 58.0 Å². The van der Waals surface area contributed by atoms with Gasteiger partial charge in [-0.25, -0.2) is 9.97 Å². The van der Waals surface area contributed by atoms with E-state index >= 15 is 0 Å². The minimum absolute atomic E-state index is 0.502. The van der Waals surface area contributed by atoms with E-state index in [9.17, 15) is 0 Å². The molecule has 1 aromatic carbocycles. The van der Waals surface area contributed by atoms with Crippen LogP contribution in [0.3, 0.4) is 0 Å². The summed E-state index contributed by atoms with van der Waals surface area (Å²) in [5, 5.41) is 0.799. The van der Waals surface area contributed by atoms with Crippen LogP contribution in [0, 0.1) is 13.8 Å². The third-order valence-electron chi connectivity index (χ3n) is 3.57. The van der Waals surface area contributed by atoms with Gasteiger partial charge in [-0.3, -0.25) is 0 Å². The number of hydrogen-bond acceptors (Lipinski definition) is 5.